The molecule has 41 heavy (non-hydrogen) atoms. The summed E-state index contributed by atoms with van der Waals surface area (Å²) in [6.45, 7) is 1.47. The number of thiophene rings is 1. The molecule has 0 saturated heterocycles. The van der Waals surface area contributed by atoms with Crippen molar-refractivity contribution in [2.24, 2.45) is 16.8 Å². The van der Waals surface area contributed by atoms with Crippen molar-refractivity contribution in [3.8, 4) is 5.75 Å². The van der Waals surface area contributed by atoms with Crippen molar-refractivity contribution in [3.05, 3.63) is 40.0 Å². The van der Waals surface area contributed by atoms with Gasteiger partial charge in [0, 0.05) is 37.5 Å². The molecule has 1 fully saturated rings. The molecular formula is C31H38N6O3S. The fraction of sp³-hybridized carbons (Fsp3) is 0.516. The third-order valence-electron chi connectivity index (χ3n) is 8.50. The molecule has 216 valence electrons. The number of nitrogens with zero attached hydrogens (tertiary/aromatic N) is 4. The fourth-order valence-electron chi connectivity index (χ4n) is 6.34. The molecule has 1 aromatic carbocycles. The molecule has 0 spiro atoms. The molecule has 0 bridgehead atoms. The van der Waals surface area contributed by atoms with Gasteiger partial charge in [-0.25, -0.2) is 9.97 Å². The van der Waals surface area contributed by atoms with Gasteiger partial charge in [-0.15, -0.1) is 11.3 Å². The van der Waals surface area contributed by atoms with Crippen LogP contribution in [0, 0.1) is 11.8 Å². The van der Waals surface area contributed by atoms with Crippen molar-refractivity contribution < 1.29 is 14.3 Å². The zero-order chi connectivity index (χ0) is 28.3. The number of carbonyl (C=O) groups excluding carboxylic acids is 2. The third-order valence-corrected chi connectivity index (χ3v) is 9.66. The lowest BCUT2D eigenvalue weighted by Crippen LogP contribution is -2.32. The highest BCUT2D eigenvalue weighted by Crippen LogP contribution is 2.42. The summed E-state index contributed by atoms with van der Waals surface area (Å²) in [7, 11) is 3.64. The molecule has 9 nitrogen and oxygen atoms in total. The van der Waals surface area contributed by atoms with Crippen molar-refractivity contribution >= 4 is 51.1 Å². The van der Waals surface area contributed by atoms with Crippen LogP contribution in [-0.2, 0) is 29.0 Å². The lowest BCUT2D eigenvalue weighted by atomic mass is 9.87. The van der Waals surface area contributed by atoms with Gasteiger partial charge in [-0.1, -0.05) is 19.3 Å². The number of hydrogen-bond acceptors (Lipinski definition) is 8. The Morgan fingerprint density at radius 3 is 2.80 bits per heavy atom. The second kappa shape index (κ2) is 12.1. The van der Waals surface area contributed by atoms with Crippen LogP contribution >= 0.6 is 11.3 Å². The Morgan fingerprint density at radius 2 is 1.98 bits per heavy atom. The average molecular weight is 575 g/mol. The molecule has 2 amide bonds. The summed E-state index contributed by atoms with van der Waals surface area (Å²) in [6.07, 6.45) is 12.6. The van der Waals surface area contributed by atoms with Crippen LogP contribution in [0.5, 0.6) is 5.75 Å². The smallest absolute Gasteiger partial charge is 0.225 e. The number of aryl methyl sites for hydroxylation is 1. The van der Waals surface area contributed by atoms with E-state index in [0.29, 0.717) is 37.8 Å². The molecule has 1 saturated carbocycles. The highest BCUT2D eigenvalue weighted by molar-refractivity contribution is 7.19. The molecule has 10 heteroatoms. The number of hydrogen-bond donors (Lipinski definition) is 2. The minimum atomic E-state index is 0.00841. The van der Waals surface area contributed by atoms with Gasteiger partial charge in [-0.05, 0) is 66.8 Å². The molecule has 3 heterocycles. The van der Waals surface area contributed by atoms with E-state index in [9.17, 15) is 9.59 Å². The van der Waals surface area contributed by atoms with Gasteiger partial charge in [0.15, 0.2) is 0 Å². The maximum Gasteiger partial charge on any atom is 0.225 e. The lowest BCUT2D eigenvalue weighted by molar-refractivity contribution is -0.133. The van der Waals surface area contributed by atoms with Crippen molar-refractivity contribution in [2.75, 3.05) is 32.6 Å². The zero-order valence-corrected chi connectivity index (χ0v) is 24.7. The SMILES string of the molecule is CN(C)C(=O)[C@H]1CCc2c(sc3ncnc(Nc4cc5c(cc4OCCNC(=O)CC4CCCCC4)CN=C5)c23)C1. The van der Waals surface area contributed by atoms with Gasteiger partial charge >= 0.3 is 0 Å². The Balaban J connectivity index is 1.17. The monoisotopic (exact) mass is 574 g/mol. The summed E-state index contributed by atoms with van der Waals surface area (Å²) in [6, 6.07) is 4.09. The summed E-state index contributed by atoms with van der Waals surface area (Å²) in [4.78, 5) is 42.6. The number of rotatable bonds is 9. The molecule has 2 aliphatic carbocycles. The van der Waals surface area contributed by atoms with E-state index in [4.69, 9.17) is 4.74 Å². The minimum Gasteiger partial charge on any atom is -0.490 e. The van der Waals surface area contributed by atoms with E-state index in [0.717, 1.165) is 65.0 Å². The first-order valence-corrected chi connectivity index (χ1v) is 15.6. The molecular weight excluding hydrogens is 536 g/mol. The summed E-state index contributed by atoms with van der Waals surface area (Å²) in [5.41, 5.74) is 4.22. The van der Waals surface area contributed by atoms with Crippen LogP contribution in [-0.4, -0.2) is 60.1 Å². The second-order valence-corrected chi connectivity index (χ2v) is 12.7. The van der Waals surface area contributed by atoms with E-state index in [1.54, 1.807) is 22.6 Å². The van der Waals surface area contributed by atoms with Crippen LogP contribution < -0.4 is 15.4 Å². The number of carbonyl (C=O) groups is 2. The lowest BCUT2D eigenvalue weighted by Gasteiger charge is -2.24. The van der Waals surface area contributed by atoms with Gasteiger partial charge in [-0.2, -0.15) is 0 Å². The number of anilines is 2. The van der Waals surface area contributed by atoms with Crippen LogP contribution in [0.1, 0.15) is 66.5 Å². The van der Waals surface area contributed by atoms with Crippen LogP contribution in [0.4, 0.5) is 11.5 Å². The molecule has 2 N–H and O–H groups in total. The molecule has 0 radical (unpaired) electrons. The number of aromatic nitrogens is 2. The van der Waals surface area contributed by atoms with Gasteiger partial charge in [0.2, 0.25) is 11.8 Å². The van der Waals surface area contributed by atoms with E-state index in [1.165, 1.54) is 29.7 Å². The zero-order valence-electron chi connectivity index (χ0n) is 23.9. The quantitative estimate of drug-likeness (QED) is 0.347. The number of nitrogens with one attached hydrogen (secondary N) is 2. The van der Waals surface area contributed by atoms with E-state index in [2.05, 4.69) is 31.7 Å². The van der Waals surface area contributed by atoms with Gasteiger partial charge < -0.3 is 20.3 Å². The summed E-state index contributed by atoms with van der Waals surface area (Å²) < 4.78 is 6.23. The minimum absolute atomic E-state index is 0.00841. The van der Waals surface area contributed by atoms with E-state index >= 15 is 0 Å². The number of fused-ring (bicyclic) bond motifs is 4. The maximum absolute atomic E-state index is 12.6. The Hall–Kier alpha value is -3.53. The first-order chi connectivity index (χ1) is 20.0. The molecule has 3 aliphatic rings. The normalized spacial score (nSPS) is 18.1. The Labute approximate surface area is 244 Å². The number of amides is 2. The van der Waals surface area contributed by atoms with E-state index in [-0.39, 0.29) is 17.7 Å². The van der Waals surface area contributed by atoms with E-state index < -0.39 is 0 Å². The summed E-state index contributed by atoms with van der Waals surface area (Å²) >= 11 is 1.66. The average Bonchev–Trinajstić information content (AvgIpc) is 3.59. The molecule has 1 aliphatic heterocycles. The predicted molar refractivity (Wildman–Crippen MR) is 162 cm³/mol. The Bertz CT molecular complexity index is 1480. The fourth-order valence-corrected chi connectivity index (χ4v) is 7.61. The van der Waals surface area contributed by atoms with Crippen molar-refractivity contribution in [3.63, 3.8) is 0 Å². The molecule has 1 atom stereocenters. The summed E-state index contributed by atoms with van der Waals surface area (Å²) in [5.74, 6) is 2.28. The number of aliphatic imine (C=N–C) groups is 1. The molecule has 0 unspecified atom stereocenters. The molecule has 3 aromatic rings. The van der Waals surface area contributed by atoms with Gasteiger partial charge in [0.05, 0.1) is 24.2 Å². The van der Waals surface area contributed by atoms with Crippen LogP contribution in [0.25, 0.3) is 10.2 Å². The maximum atomic E-state index is 12.6. The Morgan fingerprint density at radius 1 is 1.12 bits per heavy atom. The van der Waals surface area contributed by atoms with Crippen LogP contribution in [0.2, 0.25) is 0 Å². The molecule has 2 aromatic heterocycles. The predicted octanol–water partition coefficient (Wildman–Crippen LogP) is 5.03. The number of ether oxygens (including phenoxy) is 1. The Kier molecular flexibility index (Phi) is 8.18. The largest absolute Gasteiger partial charge is 0.490 e. The first kappa shape index (κ1) is 27.6. The topological polar surface area (TPSA) is 109 Å². The van der Waals surface area contributed by atoms with Crippen molar-refractivity contribution in [1.82, 2.24) is 20.2 Å². The van der Waals surface area contributed by atoms with Gasteiger partial charge in [0.25, 0.3) is 0 Å². The third kappa shape index (κ3) is 6.07. The molecule has 6 rings (SSSR count). The second-order valence-electron chi connectivity index (χ2n) is 11.6. The van der Waals surface area contributed by atoms with Crippen molar-refractivity contribution in [1.29, 1.82) is 0 Å². The van der Waals surface area contributed by atoms with Crippen LogP contribution in [0.15, 0.2) is 23.5 Å². The highest BCUT2D eigenvalue weighted by Gasteiger charge is 2.30. The van der Waals surface area contributed by atoms with Gasteiger partial charge in [0.1, 0.15) is 29.3 Å². The summed E-state index contributed by atoms with van der Waals surface area (Å²) in [5, 5.41) is 7.61. The highest BCUT2D eigenvalue weighted by atomic mass is 32.1. The van der Waals surface area contributed by atoms with Crippen LogP contribution in [0.3, 0.4) is 0 Å². The standard InChI is InChI=1S/C31H38N6O3S/c1-37(2)31(39)20-8-9-23-26(15-20)41-30-28(23)29(34-18-35-30)36-24-13-21-16-32-17-22(21)14-25(24)40-11-10-33-27(38)12-19-6-4-3-5-7-19/h13-14,16,18-20H,3-12,15,17H2,1-2H3,(H,33,38)(H,34,35,36)/t20-/m0/s1. The van der Waals surface area contributed by atoms with E-state index in [1.807, 2.05) is 26.4 Å². The first-order valence-electron chi connectivity index (χ1n) is 14.8. The van der Waals surface area contributed by atoms with Crippen molar-refractivity contribution in [2.45, 2.75) is 64.3 Å². The number of benzene rings is 1. The van der Waals surface area contributed by atoms with Gasteiger partial charge in [-0.3, -0.25) is 14.6 Å².